The number of carbonyl (C=O) groups excluding carboxylic acids is 1. The first-order chi connectivity index (χ1) is 15.1. The van der Waals surface area contributed by atoms with Crippen LogP contribution in [-0.2, 0) is 23.5 Å². The van der Waals surface area contributed by atoms with Crippen molar-refractivity contribution in [2.45, 2.75) is 31.3 Å². The number of nitrogens with zero attached hydrogens (tertiary/aromatic N) is 2. The highest BCUT2D eigenvalue weighted by atomic mass is 35.5. The van der Waals surface area contributed by atoms with E-state index in [0.717, 1.165) is 11.1 Å². The number of carbonyl (C=O) groups is 1. The van der Waals surface area contributed by atoms with Gasteiger partial charge in [0.2, 0.25) is 0 Å². The quantitative estimate of drug-likeness (QED) is 0.591. The van der Waals surface area contributed by atoms with Crippen LogP contribution in [0, 0.1) is 0 Å². The fraction of sp³-hybridized carbons (Fsp3) is 0.273. The Labute approximate surface area is 192 Å². The topological polar surface area (TPSA) is 53.9 Å². The molecule has 4 rings (SSSR count). The van der Waals surface area contributed by atoms with Crippen LogP contribution in [0.5, 0.6) is 0 Å². The molecule has 0 saturated heterocycles. The van der Waals surface area contributed by atoms with Crippen LogP contribution in [0.1, 0.15) is 33.5 Å². The van der Waals surface area contributed by atoms with Crippen LogP contribution in [-0.4, -0.2) is 29.4 Å². The van der Waals surface area contributed by atoms with E-state index in [0.29, 0.717) is 25.2 Å². The van der Waals surface area contributed by atoms with Gasteiger partial charge in [0.05, 0.1) is 6.42 Å². The monoisotopic (exact) mass is 483 g/mol. The van der Waals surface area contributed by atoms with Crippen molar-refractivity contribution in [3.05, 3.63) is 81.4 Å². The highest BCUT2D eigenvalue weighted by Gasteiger charge is 2.63. The number of rotatable bonds is 4. The van der Waals surface area contributed by atoms with Gasteiger partial charge in [0.15, 0.2) is 0 Å². The first-order valence-electron chi connectivity index (χ1n) is 9.67. The molecule has 2 aliphatic heterocycles. The van der Waals surface area contributed by atoms with Gasteiger partial charge in [-0.3, -0.25) is 4.79 Å². The van der Waals surface area contributed by atoms with Gasteiger partial charge in [0, 0.05) is 40.8 Å². The van der Waals surface area contributed by atoms with Gasteiger partial charge in [0.25, 0.3) is 11.5 Å². The van der Waals surface area contributed by atoms with Crippen molar-refractivity contribution >= 4 is 34.9 Å². The van der Waals surface area contributed by atoms with Gasteiger partial charge in [-0.05, 0) is 41.5 Å². The van der Waals surface area contributed by atoms with Crippen LogP contribution in [0.4, 0.5) is 13.2 Å². The smallest absolute Gasteiger partial charge is 0.372 e. The molecule has 2 aliphatic rings. The molecule has 1 amide bonds. The van der Waals surface area contributed by atoms with E-state index in [-0.39, 0.29) is 27.4 Å². The fourth-order valence-electron chi connectivity index (χ4n) is 3.83. The molecule has 0 spiro atoms. The highest BCUT2D eigenvalue weighted by molar-refractivity contribution is 6.34. The molecule has 0 bridgehead atoms. The Morgan fingerprint density at radius 3 is 2.53 bits per heavy atom. The lowest BCUT2D eigenvalue weighted by Crippen LogP contribution is -2.43. The Hall–Kier alpha value is -2.71. The zero-order valence-electron chi connectivity index (χ0n) is 16.7. The summed E-state index contributed by atoms with van der Waals surface area (Å²) >= 11 is 11.9. The van der Waals surface area contributed by atoms with E-state index in [2.05, 4.69) is 17.1 Å². The molecule has 0 radical (unpaired) electrons. The second-order valence-electron chi connectivity index (χ2n) is 7.60. The molecule has 2 aromatic carbocycles. The second kappa shape index (κ2) is 8.33. The molecule has 0 aromatic heterocycles. The number of amidine groups is 1. The van der Waals surface area contributed by atoms with Crippen molar-refractivity contribution in [3.63, 3.8) is 0 Å². The zero-order chi connectivity index (χ0) is 23.1. The van der Waals surface area contributed by atoms with Gasteiger partial charge in [-0.2, -0.15) is 13.2 Å². The minimum atomic E-state index is -4.75. The predicted octanol–water partition coefficient (Wildman–Crippen LogP) is 5.42. The summed E-state index contributed by atoms with van der Waals surface area (Å²) in [5.74, 6) is -0.0890. The van der Waals surface area contributed by atoms with E-state index in [4.69, 9.17) is 28.0 Å². The lowest BCUT2D eigenvalue weighted by molar-refractivity contribution is -0.275. The number of alkyl halides is 3. The molecule has 2 heterocycles. The van der Waals surface area contributed by atoms with Crippen molar-refractivity contribution in [2.75, 3.05) is 6.54 Å². The minimum Gasteiger partial charge on any atom is -0.372 e. The van der Waals surface area contributed by atoms with Crippen molar-refractivity contribution in [1.29, 1.82) is 0 Å². The van der Waals surface area contributed by atoms with E-state index >= 15 is 0 Å². The molecule has 0 aliphatic carbocycles. The van der Waals surface area contributed by atoms with E-state index in [1.807, 2.05) is 0 Å². The summed E-state index contributed by atoms with van der Waals surface area (Å²) in [6, 6.07) is 8.94. The number of amides is 1. The van der Waals surface area contributed by atoms with Crippen LogP contribution in [0.3, 0.4) is 0 Å². The summed E-state index contributed by atoms with van der Waals surface area (Å²) < 4.78 is 42.5. The van der Waals surface area contributed by atoms with Gasteiger partial charge in [-0.1, -0.05) is 40.5 Å². The average Bonchev–Trinajstić information content (AvgIpc) is 3.35. The summed E-state index contributed by atoms with van der Waals surface area (Å²) in [5, 5.41) is 6.65. The Morgan fingerprint density at radius 2 is 1.88 bits per heavy atom. The van der Waals surface area contributed by atoms with Crippen molar-refractivity contribution in [3.8, 4) is 0 Å². The van der Waals surface area contributed by atoms with Gasteiger partial charge >= 0.3 is 6.18 Å². The number of oxime groups is 1. The lowest BCUT2D eigenvalue weighted by atomic mass is 9.89. The van der Waals surface area contributed by atoms with Gasteiger partial charge < -0.3 is 15.1 Å². The van der Waals surface area contributed by atoms with Crippen molar-refractivity contribution in [1.82, 2.24) is 10.2 Å². The fourth-order valence-corrected chi connectivity index (χ4v) is 4.36. The minimum absolute atomic E-state index is 0.0732. The van der Waals surface area contributed by atoms with E-state index in [1.165, 1.54) is 18.2 Å². The number of nitrogens with one attached hydrogen (secondary N) is 1. The second-order valence-corrected chi connectivity index (χ2v) is 8.47. The Bertz CT molecular complexity index is 1100. The van der Waals surface area contributed by atoms with Crippen molar-refractivity contribution in [2.24, 2.45) is 5.16 Å². The Balaban J connectivity index is 1.56. The molecule has 2 aromatic rings. The first kappa shape index (κ1) is 22.5. The van der Waals surface area contributed by atoms with Gasteiger partial charge in [-0.15, -0.1) is 6.58 Å². The molecule has 5 nitrogen and oxygen atoms in total. The lowest BCUT2D eigenvalue weighted by Gasteiger charge is -2.30. The molecule has 10 heteroatoms. The standard InChI is InChI=1S/C22H18Cl2F3N3O2/c1-2-5-28-20(31)13-3-4-14-11-30(12-15(14)6-13)19-10-21(32-29-19,22(25,26)27)16-7-17(23)9-18(24)8-16/h2-4,6-9H,1,5,10-12H2,(H,28,31). The van der Waals surface area contributed by atoms with Crippen molar-refractivity contribution < 1.29 is 22.8 Å². The van der Waals surface area contributed by atoms with E-state index in [9.17, 15) is 18.0 Å². The van der Waals surface area contributed by atoms with Gasteiger partial charge in [-0.25, -0.2) is 0 Å². The molecular formula is C22H18Cl2F3N3O2. The normalized spacial score (nSPS) is 19.9. The maximum atomic E-state index is 14.2. The maximum Gasteiger partial charge on any atom is 0.435 e. The predicted molar refractivity (Wildman–Crippen MR) is 116 cm³/mol. The number of hydrogen-bond donors (Lipinski definition) is 1. The SMILES string of the molecule is C=CCNC(=O)c1ccc2c(c1)CN(C1=NOC(c3cc(Cl)cc(Cl)c3)(C(F)(F)F)C1)C2. The third-order valence-electron chi connectivity index (χ3n) is 5.46. The summed E-state index contributed by atoms with van der Waals surface area (Å²) in [6.45, 7) is 4.56. The number of halogens is 5. The zero-order valence-corrected chi connectivity index (χ0v) is 18.2. The summed E-state index contributed by atoms with van der Waals surface area (Å²) in [5.41, 5.74) is -0.673. The summed E-state index contributed by atoms with van der Waals surface area (Å²) in [7, 11) is 0. The average molecular weight is 484 g/mol. The highest BCUT2D eigenvalue weighted by Crippen LogP contribution is 2.49. The molecule has 1 unspecified atom stereocenters. The number of benzene rings is 2. The summed E-state index contributed by atoms with van der Waals surface area (Å²) in [4.78, 5) is 19.0. The molecule has 0 fully saturated rings. The van der Waals surface area contributed by atoms with Crippen LogP contribution >= 0.6 is 23.2 Å². The van der Waals surface area contributed by atoms with E-state index in [1.54, 1.807) is 29.2 Å². The van der Waals surface area contributed by atoms with Crippen LogP contribution in [0.15, 0.2) is 54.2 Å². The molecule has 0 saturated carbocycles. The number of fused-ring (bicyclic) bond motifs is 1. The maximum absolute atomic E-state index is 14.2. The van der Waals surface area contributed by atoms with Crippen LogP contribution < -0.4 is 5.32 Å². The molecular weight excluding hydrogens is 466 g/mol. The number of hydrogen-bond acceptors (Lipinski definition) is 4. The Kier molecular flexibility index (Phi) is 5.85. The third-order valence-corrected chi connectivity index (χ3v) is 5.90. The van der Waals surface area contributed by atoms with Crippen LogP contribution in [0.25, 0.3) is 0 Å². The third kappa shape index (κ3) is 4.04. The molecule has 1 atom stereocenters. The molecule has 168 valence electrons. The van der Waals surface area contributed by atoms with Crippen LogP contribution in [0.2, 0.25) is 10.0 Å². The Morgan fingerprint density at radius 1 is 1.19 bits per heavy atom. The molecule has 1 N–H and O–H groups in total. The van der Waals surface area contributed by atoms with E-state index < -0.39 is 18.2 Å². The molecule has 32 heavy (non-hydrogen) atoms. The largest absolute Gasteiger partial charge is 0.435 e. The summed E-state index contributed by atoms with van der Waals surface area (Å²) in [6.07, 6.45) is -3.70. The van der Waals surface area contributed by atoms with Gasteiger partial charge in [0.1, 0.15) is 5.84 Å². The first-order valence-corrected chi connectivity index (χ1v) is 10.4.